The van der Waals surface area contributed by atoms with Gasteiger partial charge in [0.1, 0.15) is 0 Å². The number of rotatable bonds is 7. The van der Waals surface area contributed by atoms with Crippen molar-refractivity contribution in [1.29, 1.82) is 0 Å². The van der Waals surface area contributed by atoms with Crippen LogP contribution in [0.1, 0.15) is 44.2 Å². The molecule has 0 amide bonds. The van der Waals surface area contributed by atoms with Gasteiger partial charge in [0, 0.05) is 13.1 Å². The Balaban J connectivity index is 1.58. The fourth-order valence-corrected chi connectivity index (χ4v) is 5.40. The molecule has 0 aliphatic carbocycles. The van der Waals surface area contributed by atoms with Gasteiger partial charge in [-0.2, -0.15) is 0 Å². The van der Waals surface area contributed by atoms with Crippen molar-refractivity contribution < 1.29 is 8.42 Å². The van der Waals surface area contributed by atoms with E-state index in [2.05, 4.69) is 42.2 Å². The van der Waals surface area contributed by atoms with Crippen LogP contribution in [0.4, 0.5) is 0 Å². The van der Waals surface area contributed by atoms with Crippen LogP contribution in [0, 0.1) is 6.92 Å². The predicted molar refractivity (Wildman–Crippen MR) is 117 cm³/mol. The summed E-state index contributed by atoms with van der Waals surface area (Å²) in [6.07, 6.45) is 4.93. The fourth-order valence-electron chi connectivity index (χ4n) is 3.83. The van der Waals surface area contributed by atoms with Gasteiger partial charge in [-0.3, -0.25) is 4.90 Å². The van der Waals surface area contributed by atoms with Crippen LogP contribution in [0.5, 0.6) is 0 Å². The van der Waals surface area contributed by atoms with Crippen molar-refractivity contribution in [3.8, 4) is 0 Å². The Kier molecular flexibility index (Phi) is 6.41. The van der Waals surface area contributed by atoms with Gasteiger partial charge in [0.25, 0.3) is 0 Å². The fraction of sp³-hybridized carbons (Fsp3) is 0.417. The van der Waals surface area contributed by atoms with Gasteiger partial charge in [-0.15, -0.1) is 0 Å². The highest BCUT2D eigenvalue weighted by molar-refractivity contribution is 7.92. The minimum atomic E-state index is -3.33. The summed E-state index contributed by atoms with van der Waals surface area (Å²) in [5.41, 5.74) is 3.96. The lowest BCUT2D eigenvalue weighted by Crippen LogP contribution is -2.35. The summed E-state index contributed by atoms with van der Waals surface area (Å²) in [6.45, 7) is 8.74. The molecule has 1 aliphatic rings. The van der Waals surface area contributed by atoms with E-state index in [-0.39, 0.29) is 0 Å². The van der Waals surface area contributed by atoms with E-state index in [1.165, 1.54) is 16.7 Å². The number of sulfone groups is 1. The van der Waals surface area contributed by atoms with E-state index in [1.54, 1.807) is 24.3 Å². The number of aryl methyl sites for hydroxylation is 1. The second-order valence-electron chi connectivity index (χ2n) is 8.34. The maximum atomic E-state index is 13.0. The molecule has 28 heavy (non-hydrogen) atoms. The summed E-state index contributed by atoms with van der Waals surface area (Å²) >= 11 is 0. The Hall–Kier alpha value is -1.91. The van der Waals surface area contributed by atoms with Crippen LogP contribution in [0.3, 0.4) is 0 Å². The van der Waals surface area contributed by atoms with Crippen LogP contribution >= 0.6 is 0 Å². The van der Waals surface area contributed by atoms with E-state index in [0.29, 0.717) is 11.3 Å². The second-order valence-corrected chi connectivity index (χ2v) is 10.9. The third kappa shape index (κ3) is 4.73. The molecule has 1 aliphatic heterocycles. The van der Waals surface area contributed by atoms with Gasteiger partial charge >= 0.3 is 0 Å². The van der Waals surface area contributed by atoms with Gasteiger partial charge in [-0.05, 0) is 69.8 Å². The molecule has 150 valence electrons. The molecular formula is C24H31NO2S. The van der Waals surface area contributed by atoms with Crippen molar-refractivity contribution in [2.45, 2.75) is 49.7 Å². The zero-order chi connectivity index (χ0) is 20.2. The molecule has 0 radical (unpaired) electrons. The van der Waals surface area contributed by atoms with Crippen molar-refractivity contribution in [2.24, 2.45) is 0 Å². The molecule has 0 unspecified atom stereocenters. The SMILES string of the molecule is Cc1cccc(C2=CCCN(CCCC(C)(C)S(=O)(=O)c3ccccc3)C2)c1. The van der Waals surface area contributed by atoms with Gasteiger partial charge in [0.2, 0.25) is 0 Å². The van der Waals surface area contributed by atoms with Crippen molar-refractivity contribution in [3.05, 3.63) is 71.8 Å². The van der Waals surface area contributed by atoms with Crippen LogP contribution in [-0.4, -0.2) is 37.7 Å². The maximum Gasteiger partial charge on any atom is 0.183 e. The minimum Gasteiger partial charge on any atom is -0.299 e. The number of nitrogens with zero attached hydrogens (tertiary/aromatic N) is 1. The summed E-state index contributed by atoms with van der Waals surface area (Å²) in [5.74, 6) is 0. The van der Waals surface area contributed by atoms with Gasteiger partial charge in [-0.1, -0.05) is 54.1 Å². The highest BCUT2D eigenvalue weighted by Crippen LogP contribution is 2.30. The lowest BCUT2D eigenvalue weighted by Gasteiger charge is -2.30. The predicted octanol–water partition coefficient (Wildman–Crippen LogP) is 5.12. The molecule has 3 nitrogen and oxygen atoms in total. The Morgan fingerprint density at radius 3 is 2.50 bits per heavy atom. The van der Waals surface area contributed by atoms with Crippen molar-refractivity contribution >= 4 is 15.4 Å². The average molecular weight is 398 g/mol. The molecule has 2 aromatic carbocycles. The molecule has 0 bridgehead atoms. The summed E-state index contributed by atoms with van der Waals surface area (Å²) in [5, 5.41) is 0. The zero-order valence-corrected chi connectivity index (χ0v) is 18.0. The van der Waals surface area contributed by atoms with E-state index < -0.39 is 14.6 Å². The summed E-state index contributed by atoms with van der Waals surface area (Å²) in [6, 6.07) is 17.5. The van der Waals surface area contributed by atoms with Crippen molar-refractivity contribution in [2.75, 3.05) is 19.6 Å². The molecule has 0 saturated heterocycles. The Morgan fingerprint density at radius 2 is 1.79 bits per heavy atom. The summed E-state index contributed by atoms with van der Waals surface area (Å²) in [7, 11) is -3.33. The summed E-state index contributed by atoms with van der Waals surface area (Å²) < 4.78 is 25.2. The smallest absolute Gasteiger partial charge is 0.183 e. The molecule has 0 aromatic heterocycles. The standard InChI is InChI=1S/C24H31NO2S/c1-20-10-7-11-21(18-20)22-12-8-16-25(19-22)17-9-15-24(2,3)28(26,27)23-13-5-4-6-14-23/h4-7,10-14,18H,8-9,15-17,19H2,1-3H3. The highest BCUT2D eigenvalue weighted by Gasteiger charge is 2.35. The molecule has 0 N–H and O–H groups in total. The van der Waals surface area contributed by atoms with E-state index in [1.807, 2.05) is 19.9 Å². The Morgan fingerprint density at radius 1 is 1.04 bits per heavy atom. The number of benzene rings is 2. The molecule has 2 aromatic rings. The average Bonchev–Trinajstić information content (AvgIpc) is 2.68. The number of hydrogen-bond donors (Lipinski definition) is 0. The molecular weight excluding hydrogens is 366 g/mol. The van der Waals surface area contributed by atoms with Crippen LogP contribution in [0.25, 0.3) is 5.57 Å². The van der Waals surface area contributed by atoms with Crippen LogP contribution in [0.15, 0.2) is 65.6 Å². The Bertz CT molecular complexity index is 930. The minimum absolute atomic E-state index is 0.419. The zero-order valence-electron chi connectivity index (χ0n) is 17.2. The van der Waals surface area contributed by atoms with Gasteiger partial charge in [0.15, 0.2) is 9.84 Å². The molecule has 0 saturated carbocycles. The van der Waals surface area contributed by atoms with E-state index in [0.717, 1.165) is 32.5 Å². The highest BCUT2D eigenvalue weighted by atomic mass is 32.2. The largest absolute Gasteiger partial charge is 0.299 e. The first-order valence-corrected chi connectivity index (χ1v) is 11.6. The normalized spacial score (nSPS) is 16.0. The molecule has 0 fully saturated rings. The van der Waals surface area contributed by atoms with Gasteiger partial charge in [-0.25, -0.2) is 8.42 Å². The number of hydrogen-bond acceptors (Lipinski definition) is 3. The topological polar surface area (TPSA) is 37.4 Å². The van der Waals surface area contributed by atoms with E-state index in [4.69, 9.17) is 0 Å². The summed E-state index contributed by atoms with van der Waals surface area (Å²) in [4.78, 5) is 2.87. The van der Waals surface area contributed by atoms with Crippen LogP contribution in [-0.2, 0) is 9.84 Å². The third-order valence-electron chi connectivity index (χ3n) is 5.65. The Labute approximate surface area is 170 Å². The molecule has 3 rings (SSSR count). The van der Waals surface area contributed by atoms with Crippen LogP contribution < -0.4 is 0 Å². The first-order valence-electron chi connectivity index (χ1n) is 10.1. The molecule has 0 spiro atoms. The lowest BCUT2D eigenvalue weighted by atomic mass is 9.99. The van der Waals surface area contributed by atoms with Crippen LogP contribution in [0.2, 0.25) is 0 Å². The van der Waals surface area contributed by atoms with E-state index >= 15 is 0 Å². The quantitative estimate of drug-likeness (QED) is 0.651. The second kappa shape index (κ2) is 8.62. The van der Waals surface area contributed by atoms with Crippen molar-refractivity contribution in [3.63, 3.8) is 0 Å². The van der Waals surface area contributed by atoms with Gasteiger partial charge < -0.3 is 0 Å². The third-order valence-corrected chi connectivity index (χ3v) is 8.20. The maximum absolute atomic E-state index is 13.0. The molecule has 4 heteroatoms. The first kappa shape index (κ1) is 20.8. The van der Waals surface area contributed by atoms with Gasteiger partial charge in [0.05, 0.1) is 9.64 Å². The van der Waals surface area contributed by atoms with Crippen molar-refractivity contribution in [1.82, 2.24) is 4.90 Å². The first-order chi connectivity index (χ1) is 13.3. The molecule has 1 heterocycles. The molecule has 0 atom stereocenters. The monoisotopic (exact) mass is 397 g/mol. The lowest BCUT2D eigenvalue weighted by molar-refractivity contribution is 0.292. The van der Waals surface area contributed by atoms with E-state index in [9.17, 15) is 8.42 Å².